The minimum absolute atomic E-state index is 0.257. The van der Waals surface area contributed by atoms with E-state index in [2.05, 4.69) is 4.90 Å². The average molecular weight is 302 g/mol. The van der Waals surface area contributed by atoms with Crippen LogP contribution in [-0.4, -0.2) is 46.6 Å². The number of carbonyl (C=O) groups is 1. The Morgan fingerprint density at radius 3 is 2.45 bits per heavy atom. The maximum atomic E-state index is 12.7. The van der Waals surface area contributed by atoms with Crippen molar-refractivity contribution in [1.29, 1.82) is 0 Å². The van der Waals surface area contributed by atoms with Crippen molar-refractivity contribution in [2.45, 2.75) is 51.0 Å². The number of phenols is 1. The van der Waals surface area contributed by atoms with E-state index >= 15 is 0 Å². The molecule has 4 heteroatoms. The van der Waals surface area contributed by atoms with E-state index in [4.69, 9.17) is 0 Å². The van der Waals surface area contributed by atoms with Crippen molar-refractivity contribution in [3.05, 3.63) is 29.8 Å². The molecular formula is C18H26N2O2. The van der Waals surface area contributed by atoms with E-state index in [1.807, 2.05) is 17.0 Å². The fourth-order valence-electron chi connectivity index (χ4n) is 3.64. The summed E-state index contributed by atoms with van der Waals surface area (Å²) in [4.78, 5) is 16.8. The second-order valence-electron chi connectivity index (χ2n) is 6.52. The fraction of sp³-hybridized carbons (Fsp3) is 0.611. The zero-order chi connectivity index (χ0) is 15.4. The monoisotopic (exact) mass is 302 g/mol. The topological polar surface area (TPSA) is 43.8 Å². The molecule has 0 unspecified atom stereocenters. The molecule has 0 saturated carbocycles. The summed E-state index contributed by atoms with van der Waals surface area (Å²) < 4.78 is 0. The number of amides is 2. The standard InChI is InChI=1S/C18H26N2O2/c21-17-10-7-15(8-11-17)6-9-16-5-1-2-14-20(16)18(22)19-12-3-4-13-19/h7-8,10-11,16,21H,1-6,9,12-14H2/t16-/m1/s1. The summed E-state index contributed by atoms with van der Waals surface area (Å²) in [6.07, 6.45) is 7.77. The highest BCUT2D eigenvalue weighted by molar-refractivity contribution is 5.75. The van der Waals surface area contributed by atoms with Crippen LogP contribution in [0.15, 0.2) is 24.3 Å². The molecule has 0 spiro atoms. The second-order valence-corrected chi connectivity index (χ2v) is 6.52. The van der Waals surface area contributed by atoms with Crippen LogP contribution >= 0.6 is 0 Å². The molecule has 0 aliphatic carbocycles. The van der Waals surface area contributed by atoms with Gasteiger partial charge in [-0.15, -0.1) is 0 Å². The number of benzene rings is 1. The van der Waals surface area contributed by atoms with Crippen LogP contribution in [0.2, 0.25) is 0 Å². The van der Waals surface area contributed by atoms with Gasteiger partial charge in [0.25, 0.3) is 0 Å². The first-order valence-corrected chi connectivity index (χ1v) is 8.57. The zero-order valence-corrected chi connectivity index (χ0v) is 13.2. The quantitative estimate of drug-likeness (QED) is 0.930. The predicted octanol–water partition coefficient (Wildman–Crippen LogP) is 3.40. The summed E-state index contributed by atoms with van der Waals surface area (Å²) in [5, 5.41) is 9.35. The van der Waals surface area contributed by atoms with Crippen molar-refractivity contribution >= 4 is 6.03 Å². The van der Waals surface area contributed by atoms with E-state index < -0.39 is 0 Å². The molecular weight excluding hydrogens is 276 g/mol. The van der Waals surface area contributed by atoms with Crippen LogP contribution in [0.5, 0.6) is 5.75 Å². The van der Waals surface area contributed by atoms with Crippen molar-refractivity contribution in [3.63, 3.8) is 0 Å². The van der Waals surface area contributed by atoms with E-state index in [-0.39, 0.29) is 6.03 Å². The van der Waals surface area contributed by atoms with Gasteiger partial charge >= 0.3 is 6.03 Å². The van der Waals surface area contributed by atoms with E-state index in [1.54, 1.807) is 12.1 Å². The lowest BCUT2D eigenvalue weighted by Crippen LogP contribution is -2.49. The molecule has 3 rings (SSSR count). The third-order valence-electron chi connectivity index (χ3n) is 4.95. The highest BCUT2D eigenvalue weighted by atomic mass is 16.3. The molecule has 1 aromatic carbocycles. The lowest BCUT2D eigenvalue weighted by atomic mass is 9.96. The molecule has 120 valence electrons. The number of piperidine rings is 1. The molecule has 0 aromatic heterocycles. The highest BCUT2D eigenvalue weighted by Gasteiger charge is 2.30. The van der Waals surface area contributed by atoms with E-state index in [0.717, 1.165) is 58.2 Å². The number of nitrogens with zero attached hydrogens (tertiary/aromatic N) is 2. The molecule has 2 saturated heterocycles. The van der Waals surface area contributed by atoms with Crippen molar-refractivity contribution in [3.8, 4) is 5.75 Å². The van der Waals surface area contributed by atoms with Crippen molar-refractivity contribution in [2.75, 3.05) is 19.6 Å². The first-order chi connectivity index (χ1) is 10.7. The van der Waals surface area contributed by atoms with Gasteiger partial charge in [-0.05, 0) is 62.6 Å². The van der Waals surface area contributed by atoms with Gasteiger partial charge in [0.1, 0.15) is 5.75 Å². The molecule has 1 aromatic rings. The van der Waals surface area contributed by atoms with Gasteiger partial charge in [0.15, 0.2) is 0 Å². The van der Waals surface area contributed by atoms with Gasteiger partial charge in [-0.2, -0.15) is 0 Å². The third-order valence-corrected chi connectivity index (χ3v) is 4.95. The summed E-state index contributed by atoms with van der Waals surface area (Å²) in [5.41, 5.74) is 1.23. The second kappa shape index (κ2) is 7.03. The predicted molar refractivity (Wildman–Crippen MR) is 87.0 cm³/mol. The van der Waals surface area contributed by atoms with Crippen molar-refractivity contribution in [2.24, 2.45) is 0 Å². The molecule has 2 amide bonds. The number of likely N-dealkylation sites (tertiary alicyclic amines) is 2. The molecule has 2 heterocycles. The van der Waals surface area contributed by atoms with Crippen molar-refractivity contribution in [1.82, 2.24) is 9.80 Å². The lowest BCUT2D eigenvalue weighted by Gasteiger charge is -2.38. The molecule has 4 nitrogen and oxygen atoms in total. The number of aromatic hydroxyl groups is 1. The Hall–Kier alpha value is -1.71. The average Bonchev–Trinajstić information content (AvgIpc) is 3.08. The molecule has 22 heavy (non-hydrogen) atoms. The minimum atomic E-state index is 0.257. The molecule has 1 N–H and O–H groups in total. The van der Waals surface area contributed by atoms with Gasteiger partial charge in [0.05, 0.1) is 0 Å². The number of rotatable bonds is 3. The highest BCUT2D eigenvalue weighted by Crippen LogP contribution is 2.24. The van der Waals surface area contributed by atoms with Gasteiger partial charge in [-0.3, -0.25) is 0 Å². The Bertz CT molecular complexity index is 494. The number of hydrogen-bond donors (Lipinski definition) is 1. The maximum absolute atomic E-state index is 12.7. The summed E-state index contributed by atoms with van der Waals surface area (Å²) in [6, 6.07) is 8.06. The number of carbonyl (C=O) groups excluding carboxylic acids is 1. The number of urea groups is 1. The summed E-state index contributed by atoms with van der Waals surface area (Å²) in [6.45, 7) is 2.77. The largest absolute Gasteiger partial charge is 0.508 e. The van der Waals surface area contributed by atoms with Crippen LogP contribution in [0.25, 0.3) is 0 Å². The molecule has 1 atom stereocenters. The van der Waals surface area contributed by atoms with Gasteiger partial charge < -0.3 is 14.9 Å². The van der Waals surface area contributed by atoms with Crippen LogP contribution in [0.1, 0.15) is 44.1 Å². The summed E-state index contributed by atoms with van der Waals surface area (Å²) in [7, 11) is 0. The Balaban J connectivity index is 1.59. The maximum Gasteiger partial charge on any atom is 0.320 e. The number of aryl methyl sites for hydroxylation is 1. The number of phenolic OH excluding ortho intramolecular Hbond substituents is 1. The van der Waals surface area contributed by atoms with Gasteiger partial charge in [-0.25, -0.2) is 4.79 Å². The zero-order valence-electron chi connectivity index (χ0n) is 13.2. The fourth-order valence-corrected chi connectivity index (χ4v) is 3.64. The van der Waals surface area contributed by atoms with Crippen LogP contribution in [0, 0.1) is 0 Å². The Morgan fingerprint density at radius 2 is 1.73 bits per heavy atom. The Labute approximate surface area is 132 Å². The van der Waals surface area contributed by atoms with E-state index in [0.29, 0.717) is 11.8 Å². The van der Waals surface area contributed by atoms with Crippen LogP contribution in [0.4, 0.5) is 4.79 Å². The number of hydrogen-bond acceptors (Lipinski definition) is 2. The first kappa shape index (κ1) is 15.2. The molecule has 2 aliphatic rings. The molecule has 2 fully saturated rings. The summed E-state index contributed by atoms with van der Waals surface area (Å²) >= 11 is 0. The molecule has 2 aliphatic heterocycles. The Kier molecular flexibility index (Phi) is 4.86. The van der Waals surface area contributed by atoms with E-state index in [1.165, 1.54) is 12.0 Å². The molecule has 0 bridgehead atoms. The smallest absolute Gasteiger partial charge is 0.320 e. The first-order valence-electron chi connectivity index (χ1n) is 8.57. The van der Waals surface area contributed by atoms with Crippen LogP contribution in [-0.2, 0) is 6.42 Å². The Morgan fingerprint density at radius 1 is 1.05 bits per heavy atom. The SMILES string of the molecule is O=C(N1CCCC1)N1CCCC[C@@H]1CCc1ccc(O)cc1. The van der Waals surface area contributed by atoms with E-state index in [9.17, 15) is 9.90 Å². The normalized spacial score (nSPS) is 22.1. The lowest BCUT2D eigenvalue weighted by molar-refractivity contribution is 0.119. The summed E-state index contributed by atoms with van der Waals surface area (Å²) in [5.74, 6) is 0.312. The van der Waals surface area contributed by atoms with Crippen molar-refractivity contribution < 1.29 is 9.90 Å². The van der Waals surface area contributed by atoms with Gasteiger partial charge in [-0.1, -0.05) is 12.1 Å². The van der Waals surface area contributed by atoms with Gasteiger partial charge in [0.2, 0.25) is 0 Å². The van der Waals surface area contributed by atoms with Crippen LogP contribution in [0.3, 0.4) is 0 Å². The van der Waals surface area contributed by atoms with Gasteiger partial charge in [0, 0.05) is 25.7 Å². The third kappa shape index (κ3) is 3.54. The molecule has 0 radical (unpaired) electrons. The minimum Gasteiger partial charge on any atom is -0.508 e. The van der Waals surface area contributed by atoms with Crippen LogP contribution < -0.4 is 0 Å².